The Bertz CT molecular complexity index is 1230. The van der Waals surface area contributed by atoms with Crippen LogP contribution in [0.4, 0.5) is 17.1 Å². The number of anilines is 3. The van der Waals surface area contributed by atoms with Gasteiger partial charge in [0.25, 0.3) is 0 Å². The molecule has 6 nitrogen and oxygen atoms in total. The summed E-state index contributed by atoms with van der Waals surface area (Å²) in [6.45, 7) is 0. The Morgan fingerprint density at radius 2 is 1.54 bits per heavy atom. The Hall–Kier alpha value is -3.67. The van der Waals surface area contributed by atoms with Crippen LogP contribution < -0.4 is 21.3 Å². The highest BCUT2D eigenvalue weighted by molar-refractivity contribution is 5.77. The zero-order chi connectivity index (χ0) is 18.7. The number of nitrogens with one attached hydrogen (secondary N) is 2. The molecular weight excluding hydrogens is 352 g/mol. The van der Waals surface area contributed by atoms with Gasteiger partial charge in [0, 0.05) is 12.1 Å². The fourth-order valence-corrected chi connectivity index (χ4v) is 4.39. The lowest BCUT2D eigenvalue weighted by Gasteiger charge is -2.33. The lowest BCUT2D eigenvalue weighted by molar-refractivity contribution is 0.424. The second-order valence-corrected chi connectivity index (χ2v) is 7.16. The summed E-state index contributed by atoms with van der Waals surface area (Å²) < 4.78 is 7.29. The normalized spacial score (nSPS) is 18.0. The van der Waals surface area contributed by atoms with Gasteiger partial charge in [-0.05, 0) is 35.9 Å². The number of para-hydroxylation sites is 5. The molecule has 0 saturated carbocycles. The van der Waals surface area contributed by atoms with Crippen LogP contribution in [0.5, 0.6) is 0 Å². The van der Waals surface area contributed by atoms with E-state index in [1.54, 1.807) is 4.57 Å². The monoisotopic (exact) mass is 370 g/mol. The summed E-state index contributed by atoms with van der Waals surface area (Å²) in [5.41, 5.74) is 5.86. The van der Waals surface area contributed by atoms with Crippen LogP contribution in [0, 0.1) is 0 Å². The molecule has 3 heterocycles. The Morgan fingerprint density at radius 1 is 0.857 bits per heavy atom. The third-order valence-electron chi connectivity index (χ3n) is 5.60. The Morgan fingerprint density at radius 3 is 2.36 bits per heavy atom. The summed E-state index contributed by atoms with van der Waals surface area (Å²) in [4.78, 5) is 15.0. The lowest BCUT2D eigenvalue weighted by atomic mass is 10.1. The standard InChI is InChI=1S/C22H18N4O2/c27-22-26(18-11-5-6-12-19(18)28-22)20-13-14-7-1-4-10-17(14)25(20)21-23-15-8-2-3-9-16(15)24-21/h1-12,20-21,23-24H,13H2. The van der Waals surface area contributed by atoms with E-state index in [0.717, 1.165) is 29.0 Å². The molecule has 1 atom stereocenters. The molecule has 0 amide bonds. The second kappa shape index (κ2) is 5.66. The molecule has 2 N–H and O–H groups in total. The van der Waals surface area contributed by atoms with E-state index in [4.69, 9.17) is 4.42 Å². The van der Waals surface area contributed by atoms with Crippen LogP contribution in [0.25, 0.3) is 11.1 Å². The molecule has 0 spiro atoms. The first-order valence-electron chi connectivity index (χ1n) is 9.38. The SMILES string of the molecule is O=c1oc2ccccc2n1C1Cc2ccccc2N1C1Nc2ccccc2N1. The highest BCUT2D eigenvalue weighted by atomic mass is 16.4. The Kier molecular flexibility index (Phi) is 3.11. The molecule has 1 unspecified atom stereocenters. The maximum atomic E-state index is 12.8. The van der Waals surface area contributed by atoms with Gasteiger partial charge in [0.1, 0.15) is 6.17 Å². The van der Waals surface area contributed by atoms with E-state index in [1.165, 1.54) is 5.56 Å². The highest BCUT2D eigenvalue weighted by Crippen LogP contribution is 2.42. The number of oxazole rings is 1. The van der Waals surface area contributed by atoms with Crippen molar-refractivity contribution in [3.8, 4) is 0 Å². The first-order chi connectivity index (χ1) is 13.8. The fraction of sp³-hybridized carbons (Fsp3) is 0.136. The summed E-state index contributed by atoms with van der Waals surface area (Å²) in [6, 6.07) is 24.0. The van der Waals surface area contributed by atoms with E-state index >= 15 is 0 Å². The minimum absolute atomic E-state index is 0.161. The van der Waals surface area contributed by atoms with Gasteiger partial charge in [-0.2, -0.15) is 0 Å². The maximum Gasteiger partial charge on any atom is 0.421 e. The van der Waals surface area contributed by atoms with Crippen molar-refractivity contribution in [1.29, 1.82) is 0 Å². The van der Waals surface area contributed by atoms with E-state index in [0.29, 0.717) is 5.58 Å². The molecule has 138 valence electrons. The van der Waals surface area contributed by atoms with Crippen molar-refractivity contribution in [3.63, 3.8) is 0 Å². The number of aromatic nitrogens is 1. The van der Waals surface area contributed by atoms with Crippen LogP contribution in [0.1, 0.15) is 11.7 Å². The van der Waals surface area contributed by atoms with Crippen molar-refractivity contribution >= 4 is 28.2 Å². The van der Waals surface area contributed by atoms with Gasteiger partial charge in [-0.1, -0.05) is 42.5 Å². The molecule has 1 aromatic heterocycles. The van der Waals surface area contributed by atoms with Crippen LogP contribution in [-0.2, 0) is 6.42 Å². The molecule has 2 aliphatic rings. The van der Waals surface area contributed by atoms with Gasteiger partial charge >= 0.3 is 5.76 Å². The quantitative estimate of drug-likeness (QED) is 0.559. The van der Waals surface area contributed by atoms with E-state index in [9.17, 15) is 4.79 Å². The van der Waals surface area contributed by atoms with Gasteiger partial charge in [0.15, 0.2) is 11.9 Å². The largest absolute Gasteiger partial charge is 0.421 e. The number of hydrogen-bond donors (Lipinski definition) is 2. The van der Waals surface area contributed by atoms with Crippen molar-refractivity contribution in [2.24, 2.45) is 0 Å². The first kappa shape index (κ1) is 15.4. The summed E-state index contributed by atoms with van der Waals surface area (Å²) in [5.74, 6) is -0.334. The molecule has 0 fully saturated rings. The van der Waals surface area contributed by atoms with Crippen LogP contribution in [0.15, 0.2) is 82.0 Å². The van der Waals surface area contributed by atoms with E-state index in [2.05, 4.69) is 39.8 Å². The number of hydrogen-bond acceptors (Lipinski definition) is 5. The second-order valence-electron chi connectivity index (χ2n) is 7.16. The number of nitrogens with zero attached hydrogens (tertiary/aromatic N) is 2. The van der Waals surface area contributed by atoms with Crippen LogP contribution in [0.2, 0.25) is 0 Å². The molecule has 0 aliphatic carbocycles. The van der Waals surface area contributed by atoms with E-state index in [1.807, 2.05) is 48.5 Å². The topological polar surface area (TPSA) is 62.4 Å². The van der Waals surface area contributed by atoms with E-state index < -0.39 is 0 Å². The average molecular weight is 370 g/mol. The van der Waals surface area contributed by atoms with Gasteiger partial charge in [0.05, 0.1) is 16.9 Å². The molecule has 2 aliphatic heterocycles. The van der Waals surface area contributed by atoms with Crippen molar-refractivity contribution in [2.75, 3.05) is 15.5 Å². The minimum Gasteiger partial charge on any atom is -0.408 e. The van der Waals surface area contributed by atoms with Gasteiger partial charge in [-0.3, -0.25) is 4.57 Å². The van der Waals surface area contributed by atoms with Gasteiger partial charge in [-0.15, -0.1) is 0 Å². The maximum absolute atomic E-state index is 12.8. The predicted octanol–water partition coefficient (Wildman–Crippen LogP) is 3.98. The number of fused-ring (bicyclic) bond motifs is 3. The highest BCUT2D eigenvalue weighted by Gasteiger charge is 2.39. The zero-order valence-corrected chi connectivity index (χ0v) is 15.0. The summed E-state index contributed by atoms with van der Waals surface area (Å²) in [6.07, 6.45) is 0.384. The molecule has 0 bridgehead atoms. The van der Waals surface area contributed by atoms with Crippen molar-refractivity contribution in [2.45, 2.75) is 18.9 Å². The van der Waals surface area contributed by atoms with E-state index in [-0.39, 0.29) is 18.2 Å². The molecule has 0 saturated heterocycles. The number of benzene rings is 3. The molecule has 6 heteroatoms. The molecule has 4 aromatic rings. The molecule has 6 rings (SSSR count). The average Bonchev–Trinajstić information content (AvgIpc) is 3.38. The fourth-order valence-electron chi connectivity index (χ4n) is 4.39. The Labute approximate surface area is 161 Å². The van der Waals surface area contributed by atoms with Gasteiger partial charge in [0.2, 0.25) is 0 Å². The summed E-state index contributed by atoms with van der Waals surface area (Å²) in [5, 5.41) is 7.09. The van der Waals surface area contributed by atoms with Crippen molar-refractivity contribution < 1.29 is 4.42 Å². The smallest absolute Gasteiger partial charge is 0.408 e. The van der Waals surface area contributed by atoms with Gasteiger partial charge in [-0.25, -0.2) is 4.79 Å². The summed E-state index contributed by atoms with van der Waals surface area (Å²) >= 11 is 0. The molecule has 0 radical (unpaired) electrons. The summed E-state index contributed by atoms with van der Waals surface area (Å²) in [7, 11) is 0. The third-order valence-corrected chi connectivity index (χ3v) is 5.60. The molecule has 28 heavy (non-hydrogen) atoms. The lowest BCUT2D eigenvalue weighted by Crippen LogP contribution is -2.47. The third kappa shape index (κ3) is 2.11. The predicted molar refractivity (Wildman–Crippen MR) is 110 cm³/mol. The zero-order valence-electron chi connectivity index (χ0n) is 15.0. The van der Waals surface area contributed by atoms with Crippen molar-refractivity contribution in [1.82, 2.24) is 4.57 Å². The first-order valence-corrected chi connectivity index (χ1v) is 9.38. The van der Waals surface area contributed by atoms with Gasteiger partial charge < -0.3 is 20.0 Å². The van der Waals surface area contributed by atoms with Crippen LogP contribution in [0.3, 0.4) is 0 Å². The minimum atomic E-state index is -0.334. The van der Waals surface area contributed by atoms with Crippen molar-refractivity contribution in [3.05, 3.63) is 88.9 Å². The molecule has 3 aromatic carbocycles. The number of rotatable bonds is 2. The van der Waals surface area contributed by atoms with Crippen LogP contribution >= 0.6 is 0 Å². The molecular formula is C22H18N4O2. The Balaban J connectivity index is 1.50. The van der Waals surface area contributed by atoms with Crippen LogP contribution in [-0.4, -0.2) is 10.9 Å².